The first kappa shape index (κ1) is 15.8. The highest BCUT2D eigenvalue weighted by Gasteiger charge is 2.18. The van der Waals surface area contributed by atoms with Crippen molar-refractivity contribution in [2.45, 2.75) is 12.5 Å². The van der Waals surface area contributed by atoms with Crippen molar-refractivity contribution in [3.05, 3.63) is 52.1 Å². The minimum Gasteiger partial charge on any atom is -0.496 e. The molecule has 0 saturated carbocycles. The predicted molar refractivity (Wildman–Crippen MR) is 85.3 cm³/mol. The summed E-state index contributed by atoms with van der Waals surface area (Å²) < 4.78 is 11.7. The van der Waals surface area contributed by atoms with E-state index in [-0.39, 0.29) is 6.04 Å². The topological polar surface area (TPSA) is 69.4 Å². The van der Waals surface area contributed by atoms with Gasteiger partial charge in [0.15, 0.2) is 0 Å². The molecule has 2 aromatic rings. The van der Waals surface area contributed by atoms with Gasteiger partial charge in [-0.15, -0.1) is 0 Å². The number of halogens is 1. The minimum absolute atomic E-state index is 0.128. The van der Waals surface area contributed by atoms with E-state index in [1.165, 1.54) is 0 Å². The summed E-state index contributed by atoms with van der Waals surface area (Å²) in [7, 11) is 3.25. The summed E-state index contributed by atoms with van der Waals surface area (Å²) in [6, 6.07) is 9.57. The molecule has 0 amide bonds. The zero-order valence-electron chi connectivity index (χ0n) is 12.0. The summed E-state index contributed by atoms with van der Waals surface area (Å²) in [4.78, 5) is 4.21. The number of rotatable bonds is 6. The summed E-state index contributed by atoms with van der Waals surface area (Å²) in [6.07, 6.45) is 2.34. The van der Waals surface area contributed by atoms with Crippen molar-refractivity contribution in [1.82, 2.24) is 10.4 Å². The Balaban J connectivity index is 2.33. The molecule has 0 spiro atoms. The fraction of sp³-hybridized carbons (Fsp3) is 0.267. The first-order chi connectivity index (χ1) is 10.2. The van der Waals surface area contributed by atoms with Crippen molar-refractivity contribution in [3.63, 3.8) is 0 Å². The number of hydrogen-bond acceptors (Lipinski definition) is 5. The van der Waals surface area contributed by atoms with Gasteiger partial charge in [-0.3, -0.25) is 11.3 Å². The molecule has 3 N–H and O–H groups in total. The van der Waals surface area contributed by atoms with Crippen LogP contribution in [0.2, 0.25) is 0 Å². The quantitative estimate of drug-likeness (QED) is 0.618. The van der Waals surface area contributed by atoms with Gasteiger partial charge >= 0.3 is 0 Å². The largest absolute Gasteiger partial charge is 0.496 e. The smallest absolute Gasteiger partial charge is 0.217 e. The summed E-state index contributed by atoms with van der Waals surface area (Å²) in [5.41, 5.74) is 4.77. The van der Waals surface area contributed by atoms with E-state index in [0.29, 0.717) is 12.3 Å². The third-order valence-corrected chi connectivity index (χ3v) is 3.73. The molecule has 21 heavy (non-hydrogen) atoms. The molecule has 112 valence electrons. The molecular weight excluding hydrogens is 334 g/mol. The van der Waals surface area contributed by atoms with Crippen LogP contribution in [0.1, 0.15) is 17.2 Å². The Kier molecular flexibility index (Phi) is 5.55. The summed E-state index contributed by atoms with van der Waals surface area (Å²) in [6.45, 7) is 0. The van der Waals surface area contributed by atoms with Crippen LogP contribution in [0.25, 0.3) is 0 Å². The maximum absolute atomic E-state index is 5.72. The Bertz CT molecular complexity index is 607. The van der Waals surface area contributed by atoms with Crippen LogP contribution in [0, 0.1) is 0 Å². The fourth-order valence-corrected chi connectivity index (χ4v) is 2.63. The number of nitrogens with zero attached hydrogens (tertiary/aromatic N) is 1. The third-order valence-electron chi connectivity index (χ3n) is 3.24. The Morgan fingerprint density at radius 1 is 1.29 bits per heavy atom. The van der Waals surface area contributed by atoms with Crippen molar-refractivity contribution >= 4 is 15.9 Å². The Hall–Kier alpha value is -1.63. The van der Waals surface area contributed by atoms with Crippen LogP contribution < -0.4 is 20.7 Å². The van der Waals surface area contributed by atoms with Crippen LogP contribution in [0.3, 0.4) is 0 Å². The monoisotopic (exact) mass is 351 g/mol. The van der Waals surface area contributed by atoms with Gasteiger partial charge in [0.05, 0.1) is 20.3 Å². The molecule has 0 fully saturated rings. The highest BCUT2D eigenvalue weighted by Crippen LogP contribution is 2.30. The van der Waals surface area contributed by atoms with Crippen molar-refractivity contribution in [2.24, 2.45) is 5.84 Å². The lowest BCUT2D eigenvalue weighted by Crippen LogP contribution is -2.30. The molecule has 1 atom stereocenters. The van der Waals surface area contributed by atoms with E-state index >= 15 is 0 Å². The molecule has 0 aliphatic rings. The number of benzene rings is 1. The SMILES string of the molecule is COc1ccc(Br)cc1CC(NN)c1cccnc1OC. The summed E-state index contributed by atoms with van der Waals surface area (Å²) in [5, 5.41) is 0. The van der Waals surface area contributed by atoms with Gasteiger partial charge in [0.1, 0.15) is 5.75 Å². The van der Waals surface area contributed by atoms with Crippen LogP contribution in [0.4, 0.5) is 0 Å². The van der Waals surface area contributed by atoms with Crippen molar-refractivity contribution in [3.8, 4) is 11.6 Å². The summed E-state index contributed by atoms with van der Waals surface area (Å²) >= 11 is 3.48. The average molecular weight is 352 g/mol. The average Bonchev–Trinajstić information content (AvgIpc) is 2.52. The molecule has 1 heterocycles. The van der Waals surface area contributed by atoms with E-state index in [1.54, 1.807) is 20.4 Å². The zero-order chi connectivity index (χ0) is 15.2. The van der Waals surface area contributed by atoms with Crippen LogP contribution in [-0.2, 0) is 6.42 Å². The number of hydrogen-bond donors (Lipinski definition) is 2. The minimum atomic E-state index is -0.128. The van der Waals surface area contributed by atoms with E-state index in [2.05, 4.69) is 26.3 Å². The highest BCUT2D eigenvalue weighted by atomic mass is 79.9. The van der Waals surface area contributed by atoms with Crippen molar-refractivity contribution in [2.75, 3.05) is 14.2 Å². The van der Waals surface area contributed by atoms with E-state index in [9.17, 15) is 0 Å². The van der Waals surface area contributed by atoms with Gasteiger partial charge in [0, 0.05) is 16.2 Å². The van der Waals surface area contributed by atoms with Crippen LogP contribution in [-0.4, -0.2) is 19.2 Å². The number of hydrazine groups is 1. The van der Waals surface area contributed by atoms with Gasteiger partial charge in [-0.25, -0.2) is 4.98 Å². The maximum atomic E-state index is 5.72. The molecule has 2 rings (SSSR count). The fourth-order valence-electron chi connectivity index (χ4n) is 2.22. The second kappa shape index (κ2) is 7.40. The molecule has 1 aromatic heterocycles. The molecule has 1 unspecified atom stereocenters. The zero-order valence-corrected chi connectivity index (χ0v) is 13.6. The summed E-state index contributed by atoms with van der Waals surface area (Å²) in [5.74, 6) is 7.10. The van der Waals surface area contributed by atoms with Gasteiger partial charge in [-0.05, 0) is 36.2 Å². The van der Waals surface area contributed by atoms with Gasteiger partial charge < -0.3 is 9.47 Å². The third kappa shape index (κ3) is 3.72. The first-order valence-electron chi connectivity index (χ1n) is 6.47. The first-order valence-corrected chi connectivity index (χ1v) is 7.26. The number of aromatic nitrogens is 1. The lowest BCUT2D eigenvalue weighted by Gasteiger charge is -2.19. The van der Waals surface area contributed by atoms with Crippen molar-refractivity contribution in [1.29, 1.82) is 0 Å². The molecule has 0 aliphatic carbocycles. The van der Waals surface area contributed by atoms with Gasteiger partial charge in [0.2, 0.25) is 5.88 Å². The number of pyridine rings is 1. The molecule has 6 heteroatoms. The van der Waals surface area contributed by atoms with E-state index in [0.717, 1.165) is 21.3 Å². The molecule has 0 aliphatic heterocycles. The van der Waals surface area contributed by atoms with E-state index in [4.69, 9.17) is 15.3 Å². The van der Waals surface area contributed by atoms with Crippen LogP contribution in [0.5, 0.6) is 11.6 Å². The standard InChI is InChI=1S/C15H18BrN3O2/c1-20-14-6-5-11(16)8-10(14)9-13(19-17)12-4-3-7-18-15(12)21-2/h3-8,13,19H,9,17H2,1-2H3. The van der Waals surface area contributed by atoms with Crippen molar-refractivity contribution < 1.29 is 9.47 Å². The van der Waals surface area contributed by atoms with Gasteiger partial charge in [0.25, 0.3) is 0 Å². The number of ether oxygens (including phenoxy) is 2. The molecule has 5 nitrogen and oxygen atoms in total. The Morgan fingerprint density at radius 3 is 2.76 bits per heavy atom. The molecule has 0 bridgehead atoms. The molecule has 0 saturated heterocycles. The van der Waals surface area contributed by atoms with Gasteiger partial charge in [-0.2, -0.15) is 0 Å². The second-order valence-corrected chi connectivity index (χ2v) is 5.40. The predicted octanol–water partition coefficient (Wildman–Crippen LogP) is 2.61. The Labute approximate surface area is 132 Å². The van der Waals surface area contributed by atoms with E-state index < -0.39 is 0 Å². The normalized spacial score (nSPS) is 12.0. The lowest BCUT2D eigenvalue weighted by atomic mass is 9.99. The Morgan fingerprint density at radius 2 is 2.10 bits per heavy atom. The molecule has 1 aromatic carbocycles. The van der Waals surface area contributed by atoms with Gasteiger partial charge in [-0.1, -0.05) is 22.0 Å². The number of methoxy groups -OCH3 is 2. The molecular formula is C15H18BrN3O2. The van der Waals surface area contributed by atoms with E-state index in [1.807, 2.05) is 30.3 Å². The molecule has 0 radical (unpaired) electrons. The van der Waals surface area contributed by atoms with Crippen LogP contribution in [0.15, 0.2) is 41.0 Å². The van der Waals surface area contributed by atoms with Crippen LogP contribution >= 0.6 is 15.9 Å². The number of nitrogens with one attached hydrogen (secondary N) is 1. The number of nitrogens with two attached hydrogens (primary N) is 1. The lowest BCUT2D eigenvalue weighted by molar-refractivity contribution is 0.379. The highest BCUT2D eigenvalue weighted by molar-refractivity contribution is 9.10. The second-order valence-electron chi connectivity index (χ2n) is 4.48. The maximum Gasteiger partial charge on any atom is 0.217 e.